The molecule has 12 nitrogen and oxygen atoms in total. The molecule has 3 aliphatic heterocycles. The zero-order valence-corrected chi connectivity index (χ0v) is 31.4. The van der Waals surface area contributed by atoms with Gasteiger partial charge in [0.2, 0.25) is 11.8 Å². The van der Waals surface area contributed by atoms with Gasteiger partial charge in [0.1, 0.15) is 11.8 Å². The van der Waals surface area contributed by atoms with Gasteiger partial charge in [0.15, 0.2) is 0 Å². The Morgan fingerprint density at radius 2 is 1.73 bits per heavy atom. The van der Waals surface area contributed by atoms with Crippen molar-refractivity contribution in [2.45, 2.75) is 76.1 Å². The first-order valence-electron chi connectivity index (χ1n) is 19.2. The first-order chi connectivity index (χ1) is 26.7. The lowest BCUT2D eigenvalue weighted by Crippen LogP contribution is -2.49. The monoisotopic (exact) mass is 761 g/mol. The number of carbonyl (C=O) groups is 4. The molecule has 4 aliphatic rings. The van der Waals surface area contributed by atoms with Crippen LogP contribution in [0.25, 0.3) is 10.9 Å². The molecule has 0 spiro atoms. The van der Waals surface area contributed by atoms with Gasteiger partial charge in [-0.05, 0) is 98.5 Å². The summed E-state index contributed by atoms with van der Waals surface area (Å²) in [6.07, 6.45) is 8.20. The smallest absolute Gasteiger partial charge is 0.328 e. The molecule has 3 aromatic carbocycles. The number of halogens is 1. The van der Waals surface area contributed by atoms with Gasteiger partial charge < -0.3 is 19.5 Å². The minimum absolute atomic E-state index is 0.0336. The van der Waals surface area contributed by atoms with Crippen molar-refractivity contribution >= 4 is 51.9 Å². The number of rotatable bonds is 8. The lowest BCUT2D eigenvalue weighted by molar-refractivity contribution is -0.133. The average molecular weight is 762 g/mol. The Balaban J connectivity index is 0.797. The number of likely N-dealkylation sites (tertiary alicyclic amines) is 1. The number of urea groups is 1. The molecule has 1 aromatic heterocycles. The molecule has 284 valence electrons. The second-order valence-corrected chi connectivity index (χ2v) is 15.5. The molecule has 2 saturated heterocycles. The Hall–Kier alpha value is -5.38. The lowest BCUT2D eigenvalue weighted by atomic mass is 9.92. The van der Waals surface area contributed by atoms with E-state index in [9.17, 15) is 19.2 Å². The molecule has 13 heteroatoms. The van der Waals surface area contributed by atoms with Crippen LogP contribution in [-0.2, 0) is 22.6 Å². The first kappa shape index (κ1) is 36.6. The number of nitrogens with zero attached hydrogens (tertiary/aromatic N) is 5. The molecule has 0 unspecified atom stereocenters. The van der Waals surface area contributed by atoms with Crippen molar-refractivity contribution in [2.24, 2.45) is 0 Å². The molecule has 3 fully saturated rings. The van der Waals surface area contributed by atoms with E-state index >= 15 is 0 Å². The van der Waals surface area contributed by atoms with Crippen LogP contribution in [0.5, 0.6) is 5.75 Å². The van der Waals surface area contributed by atoms with Crippen LogP contribution in [0.2, 0.25) is 5.02 Å². The number of amides is 5. The fraction of sp³-hybridized carbons (Fsp3) is 0.405. The highest BCUT2D eigenvalue weighted by Crippen LogP contribution is 2.34. The van der Waals surface area contributed by atoms with Crippen LogP contribution in [0.3, 0.4) is 0 Å². The molecule has 1 saturated carbocycles. The van der Waals surface area contributed by atoms with E-state index in [2.05, 4.69) is 44.5 Å². The van der Waals surface area contributed by atoms with Crippen molar-refractivity contribution < 1.29 is 23.9 Å². The van der Waals surface area contributed by atoms with Crippen LogP contribution in [0, 0.1) is 11.3 Å². The highest BCUT2D eigenvalue weighted by atomic mass is 35.5. The Bertz CT molecular complexity index is 2180. The number of nitriles is 1. The van der Waals surface area contributed by atoms with Crippen LogP contribution in [0.1, 0.15) is 78.0 Å². The van der Waals surface area contributed by atoms with E-state index < -0.39 is 0 Å². The van der Waals surface area contributed by atoms with Crippen LogP contribution >= 0.6 is 11.6 Å². The van der Waals surface area contributed by atoms with Gasteiger partial charge in [-0.25, -0.2) is 4.79 Å². The van der Waals surface area contributed by atoms with Crippen molar-refractivity contribution in [3.63, 3.8) is 0 Å². The second-order valence-electron chi connectivity index (χ2n) is 15.1. The van der Waals surface area contributed by atoms with Crippen LogP contribution in [-0.4, -0.2) is 83.0 Å². The summed E-state index contributed by atoms with van der Waals surface area (Å²) in [7, 11) is 0. The number of hydrogen-bond donors (Lipinski definition) is 2. The van der Waals surface area contributed by atoms with Crippen molar-refractivity contribution in [2.75, 3.05) is 37.6 Å². The molecule has 2 N–H and O–H groups in total. The zero-order valence-electron chi connectivity index (χ0n) is 30.6. The maximum Gasteiger partial charge on any atom is 0.328 e. The fourth-order valence-electron chi connectivity index (χ4n) is 8.52. The van der Waals surface area contributed by atoms with E-state index in [1.807, 2.05) is 35.2 Å². The van der Waals surface area contributed by atoms with Gasteiger partial charge in [-0.15, -0.1) is 0 Å². The van der Waals surface area contributed by atoms with E-state index in [0.717, 1.165) is 79.3 Å². The number of aromatic nitrogens is 1. The minimum atomic E-state index is -0.384. The largest absolute Gasteiger partial charge is 0.490 e. The Morgan fingerprint density at radius 1 is 0.909 bits per heavy atom. The molecule has 0 atom stereocenters. The van der Waals surface area contributed by atoms with Gasteiger partial charge in [-0.3, -0.25) is 29.5 Å². The van der Waals surface area contributed by atoms with Crippen molar-refractivity contribution in [1.29, 1.82) is 5.26 Å². The highest BCUT2D eigenvalue weighted by molar-refractivity contribution is 6.31. The van der Waals surface area contributed by atoms with Crippen LogP contribution in [0.15, 0.2) is 66.9 Å². The fourth-order valence-corrected chi connectivity index (χ4v) is 8.73. The molecule has 4 aromatic rings. The molecule has 0 radical (unpaired) electrons. The number of piperidine rings is 1. The van der Waals surface area contributed by atoms with Gasteiger partial charge >= 0.3 is 6.03 Å². The maximum absolute atomic E-state index is 13.5. The summed E-state index contributed by atoms with van der Waals surface area (Å²) < 4.78 is 8.39. The topological polar surface area (TPSA) is 140 Å². The molecule has 55 heavy (non-hydrogen) atoms. The minimum Gasteiger partial charge on any atom is -0.490 e. The molecule has 8 rings (SSSR count). The van der Waals surface area contributed by atoms with Gasteiger partial charge in [0.05, 0.1) is 34.4 Å². The number of nitrogens with one attached hydrogen (secondary N) is 2. The highest BCUT2D eigenvalue weighted by Gasteiger charge is 2.30. The Kier molecular flexibility index (Phi) is 10.5. The normalized spacial score (nSPS) is 20.8. The molecule has 4 heterocycles. The molecule has 0 bridgehead atoms. The third-order valence-electron chi connectivity index (χ3n) is 11.6. The summed E-state index contributed by atoms with van der Waals surface area (Å²) in [4.78, 5) is 56.8. The van der Waals surface area contributed by atoms with Gasteiger partial charge in [0, 0.05) is 74.4 Å². The summed E-state index contributed by atoms with van der Waals surface area (Å²) in [5.74, 6) is 0.456. The third kappa shape index (κ3) is 7.90. The lowest BCUT2D eigenvalue weighted by Gasteiger charge is -2.35. The quantitative estimate of drug-likeness (QED) is 0.226. The summed E-state index contributed by atoms with van der Waals surface area (Å²) in [5, 5.41) is 16.1. The number of imide groups is 1. The van der Waals surface area contributed by atoms with Gasteiger partial charge in [-0.1, -0.05) is 23.7 Å². The summed E-state index contributed by atoms with van der Waals surface area (Å²) in [6, 6.07) is 21.0. The number of hydrogen-bond acceptors (Lipinski definition) is 7. The van der Waals surface area contributed by atoms with Crippen molar-refractivity contribution in [3.8, 4) is 11.8 Å². The van der Waals surface area contributed by atoms with E-state index in [1.54, 1.807) is 23.1 Å². The number of carbonyl (C=O) groups excluding carboxylic acids is 4. The van der Waals surface area contributed by atoms with Crippen LogP contribution in [0.4, 0.5) is 10.5 Å². The number of anilines is 1. The molecule has 5 amide bonds. The van der Waals surface area contributed by atoms with E-state index in [1.165, 1.54) is 0 Å². The third-order valence-corrected chi connectivity index (χ3v) is 11.9. The summed E-state index contributed by atoms with van der Waals surface area (Å²) >= 11 is 6.16. The Labute approximate surface area is 324 Å². The summed E-state index contributed by atoms with van der Waals surface area (Å²) in [6.45, 7) is 3.55. The SMILES string of the molecule is N#Cc1ccc(O[C@H]2CC[C@H](NC(=O)c3ccc4c(c3)CCN(C(=O)CN3CCC(n5ccc6c(N7CCC(=O)NC7=O)cccc65)CC3)C4)CC2)cc1Cl. The predicted molar refractivity (Wildman–Crippen MR) is 208 cm³/mol. The number of benzene rings is 3. The summed E-state index contributed by atoms with van der Waals surface area (Å²) in [5.41, 5.74) is 5.14. The van der Waals surface area contributed by atoms with E-state index in [0.29, 0.717) is 54.5 Å². The van der Waals surface area contributed by atoms with Crippen LogP contribution < -0.4 is 20.3 Å². The Morgan fingerprint density at radius 3 is 2.49 bits per heavy atom. The second kappa shape index (κ2) is 15.8. The average Bonchev–Trinajstić information content (AvgIpc) is 3.63. The van der Waals surface area contributed by atoms with Crippen molar-refractivity contribution in [1.82, 2.24) is 25.0 Å². The first-order valence-corrected chi connectivity index (χ1v) is 19.6. The molecule has 1 aliphatic carbocycles. The van der Waals surface area contributed by atoms with E-state index in [-0.39, 0.29) is 48.4 Å². The molecular formula is C42H44ClN7O5. The zero-order chi connectivity index (χ0) is 38.1. The van der Waals surface area contributed by atoms with Gasteiger partial charge in [0.25, 0.3) is 5.91 Å². The number of ether oxygens (including phenoxy) is 1. The van der Waals surface area contributed by atoms with Crippen molar-refractivity contribution in [3.05, 3.63) is 94.1 Å². The molecular weight excluding hydrogens is 718 g/mol. The number of fused-ring (bicyclic) bond motifs is 2. The standard InChI is InChI=1S/C42H44ClN7O5/c43-36-23-34(9-6-29(36)24-44)55-33-10-7-31(8-11-33)45-41(53)28-4-5-30-25-48(19-12-27(30)22-28)40(52)26-47-17-13-32(14-18-47)49-20-15-35-37(49)2-1-3-38(35)50-21-16-39(51)46-42(50)54/h1-6,9,15,20,22-23,31-33H,7-8,10-14,16-19,21,25-26H2,(H,45,53)(H,46,51,54)/t31-,33-. The maximum atomic E-state index is 13.5. The van der Waals surface area contributed by atoms with Gasteiger partial charge in [-0.2, -0.15) is 5.26 Å². The van der Waals surface area contributed by atoms with E-state index in [4.69, 9.17) is 21.6 Å². The predicted octanol–water partition coefficient (Wildman–Crippen LogP) is 5.95.